The molecule has 100 valence electrons. The second kappa shape index (κ2) is 5.29. The van der Waals surface area contributed by atoms with E-state index in [1.165, 1.54) is 5.56 Å². The first-order valence-electron chi connectivity index (χ1n) is 6.50. The first-order chi connectivity index (χ1) is 8.47. The zero-order valence-corrected chi connectivity index (χ0v) is 11.3. The zero-order chi connectivity index (χ0) is 13.2. The lowest BCUT2D eigenvalue weighted by Crippen LogP contribution is -2.19. The van der Waals surface area contributed by atoms with E-state index in [0.29, 0.717) is 12.7 Å². The Morgan fingerprint density at radius 1 is 1.39 bits per heavy atom. The number of benzene rings is 1. The molecule has 0 radical (unpaired) electrons. The van der Waals surface area contributed by atoms with Gasteiger partial charge >= 0.3 is 0 Å². The monoisotopic (exact) mass is 250 g/mol. The van der Waals surface area contributed by atoms with Crippen LogP contribution < -0.4 is 4.74 Å². The van der Waals surface area contributed by atoms with Gasteiger partial charge in [0.25, 0.3) is 0 Å². The fourth-order valence-electron chi connectivity index (χ4n) is 2.09. The summed E-state index contributed by atoms with van der Waals surface area (Å²) in [7, 11) is 0. The molecule has 3 heteroatoms. The minimum atomic E-state index is -0.437. The Bertz CT molecular complexity index is 377. The van der Waals surface area contributed by atoms with Crippen LogP contribution in [0, 0.1) is 0 Å². The number of ether oxygens (including phenoxy) is 2. The second-order valence-corrected chi connectivity index (χ2v) is 5.73. The summed E-state index contributed by atoms with van der Waals surface area (Å²) in [4.78, 5) is 0. The summed E-state index contributed by atoms with van der Waals surface area (Å²) >= 11 is 0. The summed E-state index contributed by atoms with van der Waals surface area (Å²) in [6.45, 7) is 7.42. The summed E-state index contributed by atoms with van der Waals surface area (Å²) in [5, 5.41) is 9.16. The fraction of sp³-hybridized carbons (Fsp3) is 0.600. The molecule has 0 aliphatic carbocycles. The Kier molecular flexibility index (Phi) is 3.93. The summed E-state index contributed by atoms with van der Waals surface area (Å²) in [5.74, 6) is 0.804. The van der Waals surface area contributed by atoms with Gasteiger partial charge < -0.3 is 14.6 Å². The number of aliphatic hydroxyl groups is 1. The van der Waals surface area contributed by atoms with Crippen molar-refractivity contribution in [3.05, 3.63) is 29.8 Å². The molecule has 1 aliphatic heterocycles. The van der Waals surface area contributed by atoms with Gasteiger partial charge in [-0.1, -0.05) is 26.0 Å². The predicted molar refractivity (Wildman–Crippen MR) is 71.0 cm³/mol. The molecule has 0 amide bonds. The van der Waals surface area contributed by atoms with Gasteiger partial charge in [0, 0.05) is 0 Å². The third-order valence-corrected chi connectivity index (χ3v) is 3.27. The summed E-state index contributed by atoms with van der Waals surface area (Å²) < 4.78 is 10.8. The van der Waals surface area contributed by atoms with Crippen LogP contribution in [0.5, 0.6) is 5.75 Å². The van der Waals surface area contributed by atoms with Gasteiger partial charge in [0.05, 0.1) is 18.8 Å². The van der Waals surface area contributed by atoms with E-state index in [0.717, 1.165) is 18.8 Å². The van der Waals surface area contributed by atoms with Crippen LogP contribution in [-0.2, 0) is 10.2 Å². The Hall–Kier alpha value is -1.06. The Balaban J connectivity index is 1.97. The van der Waals surface area contributed by atoms with E-state index in [9.17, 15) is 0 Å². The average Bonchev–Trinajstić information content (AvgIpc) is 3.10. The maximum atomic E-state index is 9.16. The number of epoxide rings is 1. The van der Waals surface area contributed by atoms with Crippen LogP contribution in [0.1, 0.15) is 32.8 Å². The third kappa shape index (κ3) is 3.72. The van der Waals surface area contributed by atoms with Crippen molar-refractivity contribution < 1.29 is 14.6 Å². The van der Waals surface area contributed by atoms with Gasteiger partial charge in [0.2, 0.25) is 0 Å². The molecule has 1 saturated heterocycles. The molecule has 1 heterocycles. The van der Waals surface area contributed by atoms with Crippen molar-refractivity contribution in [2.45, 2.75) is 44.8 Å². The summed E-state index contributed by atoms with van der Waals surface area (Å²) in [6, 6.07) is 8.12. The fourth-order valence-corrected chi connectivity index (χ4v) is 2.09. The van der Waals surface area contributed by atoms with Crippen molar-refractivity contribution in [3.8, 4) is 5.75 Å². The largest absolute Gasteiger partial charge is 0.491 e. The molecule has 0 bridgehead atoms. The molecule has 2 rings (SSSR count). The number of aliphatic hydroxyl groups excluding tert-OH is 1. The summed E-state index contributed by atoms with van der Waals surface area (Å²) in [6.07, 6.45) is 1.06. The highest BCUT2D eigenvalue weighted by atomic mass is 16.6. The average molecular weight is 250 g/mol. The first kappa shape index (κ1) is 13.4. The Morgan fingerprint density at radius 3 is 2.50 bits per heavy atom. The smallest absolute Gasteiger partial charge is 0.119 e. The number of rotatable bonds is 6. The third-order valence-electron chi connectivity index (χ3n) is 3.27. The first-order valence-corrected chi connectivity index (χ1v) is 6.50. The van der Waals surface area contributed by atoms with Gasteiger partial charge in [-0.2, -0.15) is 0 Å². The standard InChI is InChI=1S/C15H22O3/c1-11(16)9-17-13-6-4-12(5-7-13)15(2,3)8-14-10-18-14/h4-7,11,14,16H,8-10H2,1-3H3. The maximum absolute atomic E-state index is 9.16. The van der Waals surface area contributed by atoms with Gasteiger partial charge in [-0.05, 0) is 36.5 Å². The van der Waals surface area contributed by atoms with Gasteiger partial charge in [0.1, 0.15) is 12.4 Å². The van der Waals surface area contributed by atoms with E-state index in [1.54, 1.807) is 6.92 Å². The van der Waals surface area contributed by atoms with E-state index in [2.05, 4.69) is 26.0 Å². The van der Waals surface area contributed by atoms with Gasteiger partial charge in [0.15, 0.2) is 0 Å². The molecule has 1 fully saturated rings. The number of hydrogen-bond donors (Lipinski definition) is 1. The van der Waals surface area contributed by atoms with E-state index >= 15 is 0 Å². The van der Waals surface area contributed by atoms with Crippen molar-refractivity contribution in [1.29, 1.82) is 0 Å². The van der Waals surface area contributed by atoms with Crippen LogP contribution >= 0.6 is 0 Å². The van der Waals surface area contributed by atoms with Gasteiger partial charge in [-0.15, -0.1) is 0 Å². The highest BCUT2D eigenvalue weighted by Crippen LogP contribution is 2.33. The van der Waals surface area contributed by atoms with Crippen molar-refractivity contribution in [2.75, 3.05) is 13.2 Å². The van der Waals surface area contributed by atoms with Crippen molar-refractivity contribution in [2.24, 2.45) is 0 Å². The minimum Gasteiger partial charge on any atom is -0.491 e. The molecule has 1 aromatic carbocycles. The molecule has 0 aromatic heterocycles. The van der Waals surface area contributed by atoms with Gasteiger partial charge in [-0.3, -0.25) is 0 Å². The molecular formula is C15H22O3. The van der Waals surface area contributed by atoms with Crippen molar-refractivity contribution in [1.82, 2.24) is 0 Å². The van der Waals surface area contributed by atoms with Crippen molar-refractivity contribution in [3.63, 3.8) is 0 Å². The normalized spacial score (nSPS) is 20.6. The minimum absolute atomic E-state index is 0.129. The molecule has 2 atom stereocenters. The Morgan fingerprint density at radius 2 is 2.00 bits per heavy atom. The molecule has 1 aliphatic rings. The van der Waals surface area contributed by atoms with E-state index in [1.807, 2.05) is 12.1 Å². The SMILES string of the molecule is CC(O)COc1ccc(C(C)(C)CC2CO2)cc1. The lowest BCUT2D eigenvalue weighted by atomic mass is 9.80. The summed E-state index contributed by atoms with van der Waals surface area (Å²) in [5.41, 5.74) is 1.42. The van der Waals surface area contributed by atoms with Crippen LogP contribution in [0.3, 0.4) is 0 Å². The molecule has 1 N–H and O–H groups in total. The molecular weight excluding hydrogens is 228 g/mol. The van der Waals surface area contributed by atoms with Crippen LogP contribution in [-0.4, -0.2) is 30.5 Å². The molecule has 18 heavy (non-hydrogen) atoms. The zero-order valence-electron chi connectivity index (χ0n) is 11.3. The molecule has 3 nitrogen and oxygen atoms in total. The van der Waals surface area contributed by atoms with Crippen LogP contribution in [0.25, 0.3) is 0 Å². The quantitative estimate of drug-likeness (QED) is 0.789. The predicted octanol–water partition coefficient (Wildman–Crippen LogP) is 2.51. The van der Waals surface area contributed by atoms with E-state index in [4.69, 9.17) is 14.6 Å². The van der Waals surface area contributed by atoms with Crippen LogP contribution in [0.15, 0.2) is 24.3 Å². The molecule has 2 unspecified atom stereocenters. The second-order valence-electron chi connectivity index (χ2n) is 5.73. The highest BCUT2D eigenvalue weighted by Gasteiger charge is 2.32. The lowest BCUT2D eigenvalue weighted by Gasteiger charge is -2.24. The molecule has 0 spiro atoms. The van der Waals surface area contributed by atoms with E-state index in [-0.39, 0.29) is 5.41 Å². The molecule has 1 aromatic rings. The van der Waals surface area contributed by atoms with E-state index < -0.39 is 6.10 Å². The highest BCUT2D eigenvalue weighted by molar-refractivity contribution is 5.31. The molecule has 0 saturated carbocycles. The maximum Gasteiger partial charge on any atom is 0.119 e. The lowest BCUT2D eigenvalue weighted by molar-refractivity contribution is 0.122. The topological polar surface area (TPSA) is 42.0 Å². The number of hydrogen-bond acceptors (Lipinski definition) is 3. The van der Waals surface area contributed by atoms with Crippen LogP contribution in [0.2, 0.25) is 0 Å². The van der Waals surface area contributed by atoms with Gasteiger partial charge in [-0.25, -0.2) is 0 Å². The Labute approximate surface area is 109 Å². The van der Waals surface area contributed by atoms with Crippen LogP contribution in [0.4, 0.5) is 0 Å². The van der Waals surface area contributed by atoms with Crippen molar-refractivity contribution >= 4 is 0 Å².